The maximum atomic E-state index is 11.9. The van der Waals surface area contributed by atoms with Crippen LogP contribution >= 0.6 is 0 Å². The molecule has 0 radical (unpaired) electrons. The Bertz CT molecular complexity index is 457. The summed E-state index contributed by atoms with van der Waals surface area (Å²) in [4.78, 5) is 11.9. The van der Waals surface area contributed by atoms with Crippen LogP contribution in [0.1, 0.15) is 12.0 Å². The highest BCUT2D eigenvalue weighted by atomic mass is 16.5. The number of hydrogen-bond donors (Lipinski definition) is 2. The lowest BCUT2D eigenvalue weighted by Crippen LogP contribution is -2.30. The lowest BCUT2D eigenvalue weighted by atomic mass is 10.1. The zero-order valence-electron chi connectivity index (χ0n) is 10.4. The van der Waals surface area contributed by atoms with Crippen LogP contribution in [0.4, 0.5) is 0 Å². The second-order valence-electron chi connectivity index (χ2n) is 4.42. The van der Waals surface area contributed by atoms with E-state index in [-0.39, 0.29) is 17.9 Å². The zero-order chi connectivity index (χ0) is 13.0. The molecule has 2 atom stereocenters. The number of ether oxygens (including phenoxy) is 1. The number of nitrogens with two attached hydrogens (primary N) is 1. The van der Waals surface area contributed by atoms with Gasteiger partial charge in [0.25, 0.3) is 0 Å². The van der Waals surface area contributed by atoms with Crippen LogP contribution in [0.2, 0.25) is 0 Å². The fourth-order valence-electron chi connectivity index (χ4n) is 2.08. The van der Waals surface area contributed by atoms with Crippen LogP contribution in [0.25, 0.3) is 0 Å². The highest BCUT2D eigenvalue weighted by molar-refractivity contribution is 5.81. The zero-order valence-corrected chi connectivity index (χ0v) is 10.4. The van der Waals surface area contributed by atoms with Crippen molar-refractivity contribution in [2.45, 2.75) is 19.0 Å². The van der Waals surface area contributed by atoms with Crippen molar-refractivity contribution in [2.24, 2.45) is 11.7 Å². The number of rotatable bonds is 4. The molecule has 4 nitrogen and oxygen atoms in total. The van der Waals surface area contributed by atoms with Gasteiger partial charge in [-0.3, -0.25) is 4.79 Å². The topological polar surface area (TPSA) is 64.3 Å². The summed E-state index contributed by atoms with van der Waals surface area (Å²) >= 11 is 0. The molecule has 0 aromatic heterocycles. The minimum Gasteiger partial charge on any atom is -0.496 e. The molecule has 0 spiro atoms. The molecule has 1 aromatic carbocycles. The van der Waals surface area contributed by atoms with E-state index < -0.39 is 0 Å². The van der Waals surface area contributed by atoms with Crippen molar-refractivity contribution in [3.63, 3.8) is 0 Å². The number of amides is 1. The van der Waals surface area contributed by atoms with Crippen molar-refractivity contribution in [3.05, 3.63) is 42.0 Å². The predicted molar refractivity (Wildman–Crippen MR) is 70.1 cm³/mol. The Morgan fingerprint density at radius 1 is 1.44 bits per heavy atom. The number of hydrogen-bond acceptors (Lipinski definition) is 3. The van der Waals surface area contributed by atoms with Gasteiger partial charge in [0.05, 0.1) is 13.0 Å². The molecule has 0 fully saturated rings. The van der Waals surface area contributed by atoms with Crippen molar-refractivity contribution < 1.29 is 9.53 Å². The number of para-hydroxylation sites is 1. The van der Waals surface area contributed by atoms with E-state index in [4.69, 9.17) is 10.5 Å². The third-order valence-electron chi connectivity index (χ3n) is 3.10. The fourth-order valence-corrected chi connectivity index (χ4v) is 2.08. The van der Waals surface area contributed by atoms with Gasteiger partial charge in [-0.1, -0.05) is 30.4 Å². The normalized spacial score (nSPS) is 21.9. The first kappa shape index (κ1) is 12.6. The molecule has 3 N–H and O–H groups in total. The quantitative estimate of drug-likeness (QED) is 0.785. The van der Waals surface area contributed by atoms with Crippen LogP contribution in [0.15, 0.2) is 36.4 Å². The van der Waals surface area contributed by atoms with Crippen molar-refractivity contribution >= 4 is 5.91 Å². The minimum absolute atomic E-state index is 0.00649. The Morgan fingerprint density at radius 3 is 2.89 bits per heavy atom. The molecule has 0 aliphatic heterocycles. The van der Waals surface area contributed by atoms with E-state index in [9.17, 15) is 4.79 Å². The van der Waals surface area contributed by atoms with Crippen molar-refractivity contribution in [3.8, 4) is 5.75 Å². The molecule has 0 saturated heterocycles. The lowest BCUT2D eigenvalue weighted by molar-refractivity contribution is -0.123. The average molecular weight is 246 g/mol. The molecule has 4 heteroatoms. The van der Waals surface area contributed by atoms with Crippen LogP contribution in [0.5, 0.6) is 5.75 Å². The first-order valence-corrected chi connectivity index (χ1v) is 6.04. The van der Waals surface area contributed by atoms with Gasteiger partial charge in [0, 0.05) is 18.2 Å². The monoisotopic (exact) mass is 246 g/mol. The van der Waals surface area contributed by atoms with E-state index in [1.165, 1.54) is 0 Å². The predicted octanol–water partition coefficient (Wildman–Crippen LogP) is 1.21. The minimum atomic E-state index is -0.102. The molecule has 18 heavy (non-hydrogen) atoms. The third-order valence-corrected chi connectivity index (χ3v) is 3.10. The Hall–Kier alpha value is -1.81. The summed E-state index contributed by atoms with van der Waals surface area (Å²) in [6.45, 7) is 0.475. The molecule has 1 aromatic rings. The summed E-state index contributed by atoms with van der Waals surface area (Å²) < 4.78 is 5.23. The Labute approximate surface area is 107 Å². The highest BCUT2D eigenvalue weighted by Gasteiger charge is 2.22. The number of nitrogens with one attached hydrogen (secondary N) is 1. The molecule has 1 aliphatic carbocycles. The van der Waals surface area contributed by atoms with Crippen LogP contribution in [0.3, 0.4) is 0 Å². The summed E-state index contributed by atoms with van der Waals surface area (Å²) in [7, 11) is 1.62. The highest BCUT2D eigenvalue weighted by Crippen LogP contribution is 2.19. The van der Waals surface area contributed by atoms with Gasteiger partial charge < -0.3 is 15.8 Å². The first-order valence-electron chi connectivity index (χ1n) is 6.04. The van der Waals surface area contributed by atoms with Gasteiger partial charge in [-0.05, 0) is 12.5 Å². The average Bonchev–Trinajstić information content (AvgIpc) is 2.83. The summed E-state index contributed by atoms with van der Waals surface area (Å²) in [6, 6.07) is 7.66. The van der Waals surface area contributed by atoms with Crippen molar-refractivity contribution in [1.29, 1.82) is 0 Å². The van der Waals surface area contributed by atoms with E-state index >= 15 is 0 Å². The van der Waals surface area contributed by atoms with E-state index in [1.807, 2.05) is 36.4 Å². The SMILES string of the molecule is COc1ccccc1CNC(=O)C1C=CC(N)C1. The van der Waals surface area contributed by atoms with Crippen molar-refractivity contribution in [2.75, 3.05) is 7.11 Å². The van der Waals surface area contributed by atoms with Crippen LogP contribution < -0.4 is 15.8 Å². The van der Waals surface area contributed by atoms with Crippen LogP contribution in [-0.4, -0.2) is 19.1 Å². The number of carbonyl (C=O) groups is 1. The second-order valence-corrected chi connectivity index (χ2v) is 4.42. The first-order chi connectivity index (χ1) is 8.70. The maximum Gasteiger partial charge on any atom is 0.227 e. The van der Waals surface area contributed by atoms with Crippen LogP contribution in [-0.2, 0) is 11.3 Å². The van der Waals surface area contributed by atoms with Gasteiger partial charge in [-0.2, -0.15) is 0 Å². The fraction of sp³-hybridized carbons (Fsp3) is 0.357. The number of carbonyl (C=O) groups excluding carboxylic acids is 1. The second kappa shape index (κ2) is 5.69. The van der Waals surface area contributed by atoms with Gasteiger partial charge in [0.15, 0.2) is 0 Å². The number of methoxy groups -OCH3 is 1. The van der Waals surface area contributed by atoms with Gasteiger partial charge in [0.2, 0.25) is 5.91 Å². The van der Waals surface area contributed by atoms with Gasteiger partial charge in [-0.25, -0.2) is 0 Å². The molecular weight excluding hydrogens is 228 g/mol. The Morgan fingerprint density at radius 2 is 2.22 bits per heavy atom. The van der Waals surface area contributed by atoms with Crippen molar-refractivity contribution in [1.82, 2.24) is 5.32 Å². The molecule has 2 rings (SSSR count). The molecule has 2 unspecified atom stereocenters. The summed E-state index contributed by atoms with van der Waals surface area (Å²) in [5.41, 5.74) is 6.70. The molecule has 0 heterocycles. The molecule has 96 valence electrons. The van der Waals surface area contributed by atoms with Crippen LogP contribution in [0, 0.1) is 5.92 Å². The van der Waals surface area contributed by atoms with E-state index in [0.29, 0.717) is 13.0 Å². The molecule has 0 bridgehead atoms. The summed E-state index contributed by atoms with van der Waals surface area (Å²) in [5, 5.41) is 2.91. The van der Waals surface area contributed by atoms with E-state index in [1.54, 1.807) is 7.11 Å². The molecular formula is C14H18N2O2. The largest absolute Gasteiger partial charge is 0.496 e. The Kier molecular flexibility index (Phi) is 3.99. The molecule has 0 saturated carbocycles. The Balaban J connectivity index is 1.91. The maximum absolute atomic E-state index is 11.9. The molecule has 1 amide bonds. The van der Waals surface area contributed by atoms with E-state index in [2.05, 4.69) is 5.32 Å². The summed E-state index contributed by atoms with van der Waals surface area (Å²) in [6.07, 6.45) is 4.45. The lowest BCUT2D eigenvalue weighted by Gasteiger charge is -2.12. The standard InChI is InChI=1S/C14H18N2O2/c1-18-13-5-3-2-4-11(13)9-16-14(17)10-6-7-12(15)8-10/h2-7,10,12H,8-9,15H2,1H3,(H,16,17). The third kappa shape index (κ3) is 2.90. The van der Waals surface area contributed by atoms with Gasteiger partial charge >= 0.3 is 0 Å². The molecule has 1 aliphatic rings. The smallest absolute Gasteiger partial charge is 0.227 e. The number of benzene rings is 1. The van der Waals surface area contributed by atoms with Gasteiger partial charge in [0.1, 0.15) is 5.75 Å². The van der Waals surface area contributed by atoms with Gasteiger partial charge in [-0.15, -0.1) is 0 Å². The summed E-state index contributed by atoms with van der Waals surface area (Å²) in [5.74, 6) is 0.705. The van der Waals surface area contributed by atoms with E-state index in [0.717, 1.165) is 11.3 Å².